The van der Waals surface area contributed by atoms with Gasteiger partial charge < -0.3 is 9.84 Å². The molecular weight excluding hydrogens is 390 g/mol. The first-order valence-electron chi connectivity index (χ1n) is 7.89. The lowest BCUT2D eigenvalue weighted by molar-refractivity contribution is 0.102. The van der Waals surface area contributed by atoms with Crippen molar-refractivity contribution in [3.05, 3.63) is 70.6 Å². The number of anilines is 2. The molecule has 1 amide bonds. The van der Waals surface area contributed by atoms with Crippen molar-refractivity contribution in [3.8, 4) is 0 Å². The Balaban J connectivity index is 1.90. The third kappa shape index (κ3) is 4.12. The fraction of sp³-hybridized carbons (Fsp3) is 0.111. The Labute approximate surface area is 161 Å². The Morgan fingerprint density at radius 2 is 1.74 bits per heavy atom. The number of carbonyl (C=O) groups is 1. The van der Waals surface area contributed by atoms with Gasteiger partial charge in [-0.2, -0.15) is 0 Å². The van der Waals surface area contributed by atoms with E-state index in [1.54, 1.807) is 36.4 Å². The van der Waals surface area contributed by atoms with Crippen molar-refractivity contribution in [1.82, 2.24) is 5.16 Å². The van der Waals surface area contributed by atoms with Crippen molar-refractivity contribution in [2.24, 2.45) is 0 Å². The van der Waals surface area contributed by atoms with Crippen LogP contribution in [0.4, 0.5) is 11.4 Å². The van der Waals surface area contributed by atoms with Gasteiger partial charge in [0.15, 0.2) is 10.7 Å². The smallest absolute Gasteiger partial charge is 0.267 e. The van der Waals surface area contributed by atoms with Gasteiger partial charge in [-0.15, -0.1) is 0 Å². The predicted octanol–water partition coefficient (Wildman–Crippen LogP) is 4.00. The van der Waals surface area contributed by atoms with E-state index >= 15 is 0 Å². The number of rotatable bonds is 5. The summed E-state index contributed by atoms with van der Waals surface area (Å²) in [6.45, 7) is 3.04. The first kappa shape index (κ1) is 18.9. The predicted molar refractivity (Wildman–Crippen MR) is 103 cm³/mol. The molecule has 0 aliphatic rings. The highest BCUT2D eigenvalue weighted by atomic mass is 35.5. The lowest BCUT2D eigenvalue weighted by Crippen LogP contribution is -2.19. The molecule has 2 N–H and O–H groups in total. The van der Waals surface area contributed by atoms with Gasteiger partial charge in [-0.05, 0) is 50.2 Å². The average Bonchev–Trinajstić information content (AvgIpc) is 2.96. The quantitative estimate of drug-likeness (QED) is 0.668. The van der Waals surface area contributed by atoms with Gasteiger partial charge in [0.25, 0.3) is 15.9 Å². The second-order valence-electron chi connectivity index (χ2n) is 5.77. The van der Waals surface area contributed by atoms with Gasteiger partial charge in [0, 0.05) is 10.7 Å². The number of hydrogen-bond acceptors (Lipinski definition) is 5. The normalized spacial score (nSPS) is 11.2. The summed E-state index contributed by atoms with van der Waals surface area (Å²) in [5, 5.41) is 6.91. The minimum absolute atomic E-state index is 0.0459. The zero-order valence-electron chi connectivity index (χ0n) is 14.5. The van der Waals surface area contributed by atoms with E-state index in [0.29, 0.717) is 10.7 Å². The molecule has 9 heteroatoms. The molecule has 27 heavy (non-hydrogen) atoms. The highest BCUT2D eigenvalue weighted by Gasteiger charge is 2.25. The number of aromatic nitrogens is 1. The van der Waals surface area contributed by atoms with Gasteiger partial charge in [-0.25, -0.2) is 8.42 Å². The maximum absolute atomic E-state index is 12.7. The third-order valence-electron chi connectivity index (χ3n) is 3.75. The molecule has 0 saturated carbocycles. The molecule has 0 bridgehead atoms. The average molecular weight is 406 g/mol. The van der Waals surface area contributed by atoms with Crippen molar-refractivity contribution < 1.29 is 17.7 Å². The molecule has 140 valence electrons. The molecule has 1 heterocycles. The first-order valence-corrected chi connectivity index (χ1v) is 9.75. The summed E-state index contributed by atoms with van der Waals surface area (Å²) >= 11 is 5.84. The fourth-order valence-electron chi connectivity index (χ4n) is 2.56. The van der Waals surface area contributed by atoms with Crippen LogP contribution in [0.15, 0.2) is 57.9 Å². The molecular formula is C18H16ClN3O4S. The number of nitrogens with zero attached hydrogens (tertiary/aromatic N) is 1. The van der Waals surface area contributed by atoms with Gasteiger partial charge in [0.1, 0.15) is 5.69 Å². The molecule has 3 rings (SSSR count). The second-order valence-corrected chi connectivity index (χ2v) is 7.82. The molecule has 0 saturated heterocycles. The first-order chi connectivity index (χ1) is 12.8. The molecule has 0 aliphatic carbocycles. The Morgan fingerprint density at radius 3 is 2.37 bits per heavy atom. The van der Waals surface area contributed by atoms with Crippen LogP contribution in [0.1, 0.15) is 21.8 Å². The highest BCUT2D eigenvalue weighted by Crippen LogP contribution is 2.25. The maximum atomic E-state index is 12.7. The van der Waals surface area contributed by atoms with Crippen LogP contribution in [0.2, 0.25) is 5.02 Å². The second kappa shape index (κ2) is 7.42. The minimum Gasteiger partial charge on any atom is -0.360 e. The molecule has 7 nitrogen and oxygen atoms in total. The van der Waals surface area contributed by atoms with E-state index in [2.05, 4.69) is 15.2 Å². The molecule has 0 radical (unpaired) electrons. The highest BCUT2D eigenvalue weighted by molar-refractivity contribution is 7.92. The van der Waals surface area contributed by atoms with Crippen LogP contribution < -0.4 is 10.0 Å². The van der Waals surface area contributed by atoms with Crippen molar-refractivity contribution in [3.63, 3.8) is 0 Å². The lowest BCUT2D eigenvalue weighted by Gasteiger charge is -2.12. The molecule has 2 aromatic carbocycles. The van der Waals surface area contributed by atoms with E-state index in [0.717, 1.165) is 0 Å². The van der Waals surface area contributed by atoms with E-state index in [4.69, 9.17) is 16.1 Å². The van der Waals surface area contributed by atoms with Gasteiger partial charge in [-0.3, -0.25) is 9.52 Å². The monoisotopic (exact) mass is 405 g/mol. The lowest BCUT2D eigenvalue weighted by atomic mass is 10.1. The zero-order valence-corrected chi connectivity index (χ0v) is 16.1. The molecule has 0 spiro atoms. The summed E-state index contributed by atoms with van der Waals surface area (Å²) in [4.78, 5) is 12.6. The van der Waals surface area contributed by atoms with Crippen molar-refractivity contribution >= 4 is 38.9 Å². The van der Waals surface area contributed by atoms with Crippen LogP contribution in [0, 0.1) is 13.8 Å². The third-order valence-corrected chi connectivity index (χ3v) is 5.62. The van der Waals surface area contributed by atoms with Gasteiger partial charge in [0.2, 0.25) is 0 Å². The van der Waals surface area contributed by atoms with Crippen molar-refractivity contribution in [2.45, 2.75) is 18.7 Å². The Hall–Kier alpha value is -2.84. The van der Waals surface area contributed by atoms with Crippen LogP contribution in [0.3, 0.4) is 0 Å². The maximum Gasteiger partial charge on any atom is 0.267 e. The number of aryl methyl sites for hydroxylation is 2. The van der Waals surface area contributed by atoms with E-state index in [9.17, 15) is 13.2 Å². The van der Waals surface area contributed by atoms with Gasteiger partial charge in [0.05, 0.1) is 11.3 Å². The van der Waals surface area contributed by atoms with Gasteiger partial charge >= 0.3 is 0 Å². The van der Waals surface area contributed by atoms with E-state index in [-0.39, 0.29) is 27.6 Å². The largest absolute Gasteiger partial charge is 0.360 e. The molecule has 0 aliphatic heterocycles. The van der Waals surface area contributed by atoms with Crippen LogP contribution in [0.25, 0.3) is 0 Å². The summed E-state index contributed by atoms with van der Waals surface area (Å²) in [5.74, 6) is -0.294. The number of carbonyl (C=O) groups excluding carboxylic acids is 1. The molecule has 0 atom stereocenters. The fourth-order valence-corrected chi connectivity index (χ4v) is 4.09. The number of nitrogens with one attached hydrogen (secondary N) is 2. The van der Waals surface area contributed by atoms with Gasteiger partial charge in [-0.1, -0.05) is 28.9 Å². The summed E-state index contributed by atoms with van der Waals surface area (Å²) in [7, 11) is -3.97. The van der Waals surface area contributed by atoms with Crippen LogP contribution in [0.5, 0.6) is 0 Å². The molecule has 0 unspecified atom stereocenters. The van der Waals surface area contributed by atoms with E-state index in [1.807, 2.05) is 0 Å². The summed E-state index contributed by atoms with van der Waals surface area (Å²) in [6, 6.07) is 12.9. The Morgan fingerprint density at radius 1 is 1.07 bits per heavy atom. The summed E-state index contributed by atoms with van der Waals surface area (Å²) in [6.07, 6.45) is 0. The minimum atomic E-state index is -3.97. The molecule has 0 fully saturated rings. The Kier molecular flexibility index (Phi) is 5.20. The van der Waals surface area contributed by atoms with Crippen molar-refractivity contribution in [2.75, 3.05) is 10.0 Å². The van der Waals surface area contributed by atoms with Crippen LogP contribution in [-0.2, 0) is 10.0 Å². The van der Waals surface area contributed by atoms with Crippen LogP contribution >= 0.6 is 11.6 Å². The van der Waals surface area contributed by atoms with E-state index < -0.39 is 15.9 Å². The SMILES string of the molecule is Cc1noc(C)c1S(=O)(=O)Nc1ccccc1C(=O)Nc1ccc(Cl)cc1. The summed E-state index contributed by atoms with van der Waals surface area (Å²) in [5.41, 5.74) is 1.09. The molecule has 3 aromatic rings. The zero-order chi connectivity index (χ0) is 19.6. The standard InChI is InChI=1S/C18H16ClN3O4S/c1-11-17(12(2)26-21-11)27(24,25)22-16-6-4-3-5-15(16)18(23)20-14-9-7-13(19)8-10-14/h3-10,22H,1-2H3,(H,20,23). The number of sulfonamides is 1. The Bertz CT molecular complexity index is 1070. The summed E-state index contributed by atoms with van der Waals surface area (Å²) < 4.78 is 32.8. The number of benzene rings is 2. The molecule has 1 aromatic heterocycles. The number of para-hydroxylation sites is 1. The topological polar surface area (TPSA) is 101 Å². The number of halogens is 1. The number of hydrogen-bond donors (Lipinski definition) is 2. The van der Waals surface area contributed by atoms with Crippen LogP contribution in [-0.4, -0.2) is 19.5 Å². The number of amides is 1. The van der Waals surface area contributed by atoms with Crippen molar-refractivity contribution in [1.29, 1.82) is 0 Å². The van der Waals surface area contributed by atoms with E-state index in [1.165, 1.54) is 26.0 Å².